The number of aliphatic hydroxyl groups is 6. The van der Waals surface area contributed by atoms with E-state index < -0.39 is 141 Å². The normalized spacial score (nSPS) is 23.9. The van der Waals surface area contributed by atoms with Gasteiger partial charge in [0.15, 0.2) is 41.7 Å². The first-order valence-corrected chi connectivity index (χ1v) is 34.9. The summed E-state index contributed by atoms with van der Waals surface area (Å²) in [6.45, 7) is 14.1. The highest BCUT2D eigenvalue weighted by molar-refractivity contribution is 6.05. The van der Waals surface area contributed by atoms with Gasteiger partial charge in [-0.1, -0.05) is 36.4 Å². The third kappa shape index (κ3) is 20.1. The first kappa shape index (κ1) is 81.1. The molecule has 4 aromatic rings. The van der Waals surface area contributed by atoms with Crippen molar-refractivity contribution in [3.05, 3.63) is 118 Å². The lowest BCUT2D eigenvalue weighted by atomic mass is 9.99. The topological polar surface area (TPSA) is 454 Å². The number of carbonyl (C=O) groups excluding carboxylic acids is 6. The lowest BCUT2D eigenvalue weighted by Gasteiger charge is -2.38. The number of nitrogens with zero attached hydrogens (tertiary/aromatic N) is 2. The summed E-state index contributed by atoms with van der Waals surface area (Å²) in [5.41, 5.74) is 0.923. The van der Waals surface area contributed by atoms with Crippen LogP contribution in [0.1, 0.15) is 105 Å². The summed E-state index contributed by atoms with van der Waals surface area (Å²) in [5, 5.41) is 82.8. The van der Waals surface area contributed by atoms with Crippen LogP contribution in [0.25, 0.3) is 0 Å². The van der Waals surface area contributed by atoms with Crippen LogP contribution >= 0.6 is 0 Å². The van der Waals surface area contributed by atoms with E-state index in [4.69, 9.17) is 71.1 Å². The zero-order valence-corrected chi connectivity index (χ0v) is 60.4. The predicted octanol–water partition coefficient (Wildman–Crippen LogP) is 3.11. The molecule has 0 bridgehead atoms. The largest absolute Gasteiger partial charge is 0.493 e. The van der Waals surface area contributed by atoms with Crippen LogP contribution in [0, 0.1) is 0 Å². The van der Waals surface area contributed by atoms with Gasteiger partial charge in [0, 0.05) is 44.4 Å². The number of benzene rings is 4. The van der Waals surface area contributed by atoms with Crippen LogP contribution in [-0.2, 0) is 60.6 Å². The van der Waals surface area contributed by atoms with Gasteiger partial charge in [0.2, 0.25) is 12.6 Å². The number of ether oxygens (including phenoxy) is 15. The molecular formula is C73H92N6O29. The second-order valence-electron chi connectivity index (χ2n) is 27.2. The van der Waals surface area contributed by atoms with Gasteiger partial charge in [0.05, 0.1) is 113 Å². The van der Waals surface area contributed by atoms with Crippen LogP contribution in [0.2, 0.25) is 0 Å². The highest BCUT2D eigenvalue weighted by atomic mass is 16.7. The van der Waals surface area contributed by atoms with Crippen molar-refractivity contribution in [3.63, 3.8) is 0 Å². The summed E-state index contributed by atoms with van der Waals surface area (Å²) in [7, 11) is 4.18. The van der Waals surface area contributed by atoms with Crippen molar-refractivity contribution >= 4 is 53.2 Å². The van der Waals surface area contributed by atoms with Gasteiger partial charge in [0.1, 0.15) is 61.3 Å². The van der Waals surface area contributed by atoms with Crippen molar-refractivity contribution in [2.24, 2.45) is 0 Å². The van der Waals surface area contributed by atoms with Crippen molar-refractivity contribution in [3.8, 4) is 34.5 Å². The Labute approximate surface area is 620 Å². The predicted molar refractivity (Wildman–Crippen MR) is 375 cm³/mol. The molecule has 11 atom stereocenters. The summed E-state index contributed by atoms with van der Waals surface area (Å²) in [4.78, 5) is 99.7. The molecule has 6 amide bonds. The van der Waals surface area contributed by atoms with E-state index in [1.807, 2.05) is 0 Å². The Morgan fingerprint density at radius 2 is 1.01 bits per heavy atom. The molecule has 10 rings (SSSR count). The van der Waals surface area contributed by atoms with Crippen molar-refractivity contribution in [1.82, 2.24) is 20.4 Å². The standard InChI is InChI=1S/C73H92N6O29/c1-37-24-47(67-99-20-21-100-67)78(32-37)64(88)41-28-52(95-7)54(30-45(41)75-71(92)104-34-39-12-14-50(43(26-39)62(86)74-16-19-94-6)107-70-60(85)57(82)58(83)61(108-70)66(90)91)97-17-10-9-11-18-98-55-31-46(42(29-53(55)96-8)65(89)79-33-38(2)25-48(79)68-101-22-23-102-68)76-72(93)105-35-40-13-15-51(44(27-40)63(87)77-73(3,4)5)106-69-59(84)56(81)49(80)36-103-69/h12-15,26-31,47-49,56-61,67-70,80-85H,1-2,9-11,16-25,32-36H2,3-8H3,(H,74,86)(H,75,92)(H,76,93)(H,77,87)(H,90,91)/t47-,48-,49+,56-,57-,58-,59+,60+,61-,69-,70+/m0/s1. The maximum Gasteiger partial charge on any atom is 0.411 e. The fourth-order valence-electron chi connectivity index (χ4n) is 12.6. The molecule has 11 N–H and O–H groups in total. The number of anilines is 2. The van der Waals surface area contributed by atoms with Gasteiger partial charge in [-0.3, -0.25) is 29.8 Å². The Balaban J connectivity index is 0.826. The van der Waals surface area contributed by atoms with Crippen molar-refractivity contribution in [1.29, 1.82) is 0 Å². The average Bonchev–Trinajstić information content (AvgIpc) is 0.895. The molecule has 0 aliphatic carbocycles. The van der Waals surface area contributed by atoms with E-state index in [9.17, 15) is 69.3 Å². The number of nitrogens with one attached hydrogen (secondary N) is 4. The molecule has 6 fully saturated rings. The number of amides is 6. The van der Waals surface area contributed by atoms with Gasteiger partial charge in [0.25, 0.3) is 23.6 Å². The maximum atomic E-state index is 14.8. The van der Waals surface area contributed by atoms with Crippen molar-refractivity contribution in [2.75, 3.05) is 104 Å². The fraction of sp³-hybridized carbons (Fsp3) is 0.521. The molecule has 588 valence electrons. The zero-order valence-electron chi connectivity index (χ0n) is 60.4. The fourth-order valence-corrected chi connectivity index (χ4v) is 12.6. The van der Waals surface area contributed by atoms with Crippen molar-refractivity contribution in [2.45, 2.75) is 152 Å². The smallest absolute Gasteiger partial charge is 0.411 e. The maximum absolute atomic E-state index is 14.8. The van der Waals surface area contributed by atoms with Crippen LogP contribution in [0.15, 0.2) is 85.0 Å². The number of carboxylic acids is 1. The molecule has 0 aromatic heterocycles. The number of carboxylic acid groups (broad SMARTS) is 1. The van der Waals surface area contributed by atoms with E-state index in [0.29, 0.717) is 64.1 Å². The number of carbonyl (C=O) groups is 7. The SMILES string of the molecule is C=C1C[C@@H](C2OCCO2)N(C(=O)c2cc(OC)c(OCCCCCOc3cc(NC(=O)OCc4ccc(O[C@@H]5OC[C@@H](O)[C@H](O)[C@H]5O)c(C(=O)NC(C)(C)C)c4)c(C(=O)N4CC(=C)C[C@H]4C4OCCO4)cc3OC)cc2NC(=O)OCc2ccc(O[C@@H]3O[C@H](C(=O)O)[C@@H](O)[C@H](O)[C@H]3O)c(C(=O)NCCOC)c2)C1. The minimum atomic E-state index is -2.01. The first-order chi connectivity index (χ1) is 51.6. The van der Waals surface area contributed by atoms with Gasteiger partial charge in [-0.05, 0) is 100 Å². The number of hydrogen-bond donors (Lipinski definition) is 11. The van der Waals surface area contributed by atoms with E-state index in [1.54, 1.807) is 25.7 Å². The summed E-state index contributed by atoms with van der Waals surface area (Å²) in [6.07, 6.45) is -17.4. The summed E-state index contributed by atoms with van der Waals surface area (Å²) >= 11 is 0. The van der Waals surface area contributed by atoms with Crippen LogP contribution in [0.4, 0.5) is 21.0 Å². The van der Waals surface area contributed by atoms with Crippen LogP contribution in [-0.4, -0.2) is 267 Å². The minimum Gasteiger partial charge on any atom is -0.493 e. The molecule has 4 aromatic carbocycles. The highest BCUT2D eigenvalue weighted by Gasteiger charge is 2.49. The van der Waals surface area contributed by atoms with Crippen LogP contribution < -0.4 is 49.7 Å². The molecule has 6 aliphatic heterocycles. The molecule has 0 unspecified atom stereocenters. The highest BCUT2D eigenvalue weighted by Crippen LogP contribution is 2.41. The van der Waals surface area contributed by atoms with E-state index in [0.717, 1.165) is 11.1 Å². The number of rotatable bonds is 30. The number of hydrogen-bond acceptors (Lipinski definition) is 28. The van der Waals surface area contributed by atoms with Gasteiger partial charge in [-0.15, -0.1) is 0 Å². The summed E-state index contributed by atoms with van der Waals surface area (Å²) in [6, 6.07) is 12.8. The van der Waals surface area contributed by atoms with E-state index in [2.05, 4.69) is 34.4 Å². The lowest BCUT2D eigenvalue weighted by molar-refractivity contribution is -0.271. The van der Waals surface area contributed by atoms with Gasteiger partial charge < -0.3 is 127 Å². The Bertz CT molecular complexity index is 3920. The molecule has 6 aliphatic rings. The number of methoxy groups -OCH3 is 3. The minimum absolute atomic E-state index is 0.00700. The molecule has 0 radical (unpaired) electrons. The molecular weight excluding hydrogens is 1420 g/mol. The third-order valence-corrected chi connectivity index (χ3v) is 18.0. The number of aliphatic hydroxyl groups excluding tert-OH is 6. The van der Waals surface area contributed by atoms with E-state index in [1.165, 1.54) is 86.9 Å². The molecule has 0 saturated carbocycles. The van der Waals surface area contributed by atoms with Crippen LogP contribution in [0.5, 0.6) is 34.5 Å². The zero-order chi connectivity index (χ0) is 77.7. The molecule has 108 heavy (non-hydrogen) atoms. The Morgan fingerprint density at radius 1 is 0.537 bits per heavy atom. The Hall–Kier alpha value is -9.47. The Kier molecular flexibility index (Phi) is 27.5. The number of likely N-dealkylation sites (tertiary alicyclic amines) is 2. The van der Waals surface area contributed by atoms with E-state index in [-0.39, 0.29) is 120 Å². The van der Waals surface area contributed by atoms with E-state index >= 15 is 0 Å². The second kappa shape index (κ2) is 36.6. The quantitative estimate of drug-likeness (QED) is 0.0264. The monoisotopic (exact) mass is 1520 g/mol. The molecule has 35 heteroatoms. The molecule has 35 nitrogen and oxygen atoms in total. The second-order valence-corrected chi connectivity index (χ2v) is 27.2. The third-order valence-electron chi connectivity index (χ3n) is 18.0. The molecule has 6 saturated heterocycles. The number of aliphatic carboxylic acids is 1. The van der Waals surface area contributed by atoms with Gasteiger partial charge in [-0.2, -0.15) is 0 Å². The first-order valence-electron chi connectivity index (χ1n) is 34.9. The average molecular weight is 1520 g/mol. The van der Waals surface area contributed by atoms with Crippen LogP contribution in [0.3, 0.4) is 0 Å². The summed E-state index contributed by atoms with van der Waals surface area (Å²) < 4.78 is 86.2. The van der Waals surface area contributed by atoms with Gasteiger partial charge >= 0.3 is 18.2 Å². The molecule has 6 heterocycles. The van der Waals surface area contributed by atoms with Gasteiger partial charge in [-0.25, -0.2) is 14.4 Å². The molecule has 0 spiro atoms. The lowest BCUT2D eigenvalue weighted by Crippen LogP contribution is -2.61. The number of unbranched alkanes of at least 4 members (excludes halogenated alkanes) is 2. The summed E-state index contributed by atoms with van der Waals surface area (Å²) in [5.74, 6) is -3.85. The van der Waals surface area contributed by atoms with Crippen molar-refractivity contribution < 1.29 is 140 Å². The Morgan fingerprint density at radius 3 is 1.47 bits per heavy atom.